The fourth-order valence-electron chi connectivity index (χ4n) is 2.96. The third-order valence-corrected chi connectivity index (χ3v) is 4.36. The van der Waals surface area contributed by atoms with Gasteiger partial charge in [-0.15, -0.1) is 0 Å². The van der Waals surface area contributed by atoms with Gasteiger partial charge in [-0.25, -0.2) is 4.39 Å². The summed E-state index contributed by atoms with van der Waals surface area (Å²) in [5.74, 6) is -0.412. The Labute approximate surface area is 144 Å². The first kappa shape index (κ1) is 16.6. The quantitative estimate of drug-likeness (QED) is 0.829. The van der Waals surface area contributed by atoms with E-state index in [4.69, 9.17) is 22.1 Å². The van der Waals surface area contributed by atoms with Gasteiger partial charge in [-0.3, -0.25) is 4.79 Å². The molecule has 0 fully saturated rings. The Bertz CT molecular complexity index is 767. The number of amides is 1. The van der Waals surface area contributed by atoms with Crippen LogP contribution in [0, 0.1) is 5.82 Å². The zero-order valence-corrected chi connectivity index (χ0v) is 13.8. The number of fused-ring (bicyclic) bond motifs is 1. The number of hydrogen-bond donors (Lipinski definition) is 2. The van der Waals surface area contributed by atoms with Gasteiger partial charge in [0.2, 0.25) is 0 Å². The van der Waals surface area contributed by atoms with Gasteiger partial charge in [0.1, 0.15) is 11.6 Å². The summed E-state index contributed by atoms with van der Waals surface area (Å²) in [5, 5.41) is 3.11. The molecule has 0 saturated carbocycles. The molecule has 1 aliphatic rings. The summed E-state index contributed by atoms with van der Waals surface area (Å²) >= 11 is 5.88. The van der Waals surface area contributed by atoms with E-state index in [1.165, 1.54) is 17.7 Å². The van der Waals surface area contributed by atoms with Crippen molar-refractivity contribution in [3.05, 3.63) is 58.4 Å². The van der Waals surface area contributed by atoms with E-state index in [-0.39, 0.29) is 29.3 Å². The lowest BCUT2D eigenvalue weighted by molar-refractivity contribution is -0.123. The molecule has 3 rings (SSSR count). The number of ether oxygens (including phenoxy) is 1. The summed E-state index contributed by atoms with van der Waals surface area (Å²) < 4.78 is 18.4. The number of carbonyl (C=O) groups excluding carboxylic acids is 1. The van der Waals surface area contributed by atoms with Crippen LogP contribution in [0.25, 0.3) is 0 Å². The highest BCUT2D eigenvalue weighted by molar-refractivity contribution is 6.32. The lowest BCUT2D eigenvalue weighted by atomic mass is 9.87. The number of nitrogens with one attached hydrogen (secondary N) is 1. The van der Waals surface area contributed by atoms with Crippen LogP contribution in [0.2, 0.25) is 5.02 Å². The van der Waals surface area contributed by atoms with E-state index >= 15 is 0 Å². The maximum atomic E-state index is 13.0. The molecule has 0 saturated heterocycles. The summed E-state index contributed by atoms with van der Waals surface area (Å²) in [5.41, 5.74) is 8.83. The number of nitrogens with two attached hydrogens (primary N) is 1. The highest BCUT2D eigenvalue weighted by Crippen LogP contribution is 2.31. The molecule has 0 radical (unpaired) electrons. The van der Waals surface area contributed by atoms with Crippen molar-refractivity contribution in [2.45, 2.75) is 25.3 Å². The number of benzene rings is 2. The Morgan fingerprint density at radius 2 is 2.17 bits per heavy atom. The second-order valence-corrected chi connectivity index (χ2v) is 6.24. The van der Waals surface area contributed by atoms with E-state index in [1.807, 2.05) is 18.2 Å². The van der Waals surface area contributed by atoms with Crippen molar-refractivity contribution in [2.75, 3.05) is 12.3 Å². The molecule has 0 spiro atoms. The molecule has 3 N–H and O–H groups in total. The Balaban J connectivity index is 1.62. The zero-order valence-electron chi connectivity index (χ0n) is 13.0. The molecule has 0 heterocycles. The van der Waals surface area contributed by atoms with E-state index in [0.29, 0.717) is 0 Å². The number of nitrogen functional groups attached to an aromatic ring is 1. The van der Waals surface area contributed by atoms with Crippen molar-refractivity contribution >= 4 is 23.2 Å². The normalized spacial score (nSPS) is 16.3. The van der Waals surface area contributed by atoms with Crippen molar-refractivity contribution in [3.8, 4) is 5.75 Å². The summed E-state index contributed by atoms with van der Waals surface area (Å²) in [6.07, 6.45) is 2.83. The maximum Gasteiger partial charge on any atom is 0.258 e. The van der Waals surface area contributed by atoms with Gasteiger partial charge in [-0.1, -0.05) is 17.7 Å². The smallest absolute Gasteiger partial charge is 0.258 e. The number of rotatable bonds is 4. The highest BCUT2D eigenvalue weighted by Gasteiger charge is 2.22. The molecule has 1 atom stereocenters. The molecule has 0 bridgehead atoms. The van der Waals surface area contributed by atoms with Gasteiger partial charge in [-0.2, -0.15) is 0 Å². The first-order chi connectivity index (χ1) is 11.5. The summed E-state index contributed by atoms with van der Waals surface area (Å²) in [7, 11) is 0. The molecule has 1 aliphatic carbocycles. The van der Waals surface area contributed by atoms with Gasteiger partial charge in [0.05, 0.1) is 11.1 Å². The average Bonchev–Trinajstić information content (AvgIpc) is 2.54. The van der Waals surface area contributed by atoms with Gasteiger partial charge >= 0.3 is 0 Å². The van der Waals surface area contributed by atoms with Crippen LogP contribution >= 0.6 is 11.6 Å². The lowest BCUT2D eigenvalue weighted by Crippen LogP contribution is -2.34. The van der Waals surface area contributed by atoms with Crippen molar-refractivity contribution < 1.29 is 13.9 Å². The van der Waals surface area contributed by atoms with Crippen LogP contribution in [0.1, 0.15) is 30.0 Å². The maximum absolute atomic E-state index is 13.0. The third kappa shape index (κ3) is 3.79. The Morgan fingerprint density at radius 1 is 1.33 bits per heavy atom. The molecule has 6 heteroatoms. The molecule has 2 aromatic carbocycles. The average molecular weight is 349 g/mol. The van der Waals surface area contributed by atoms with Gasteiger partial charge in [0.25, 0.3) is 5.91 Å². The topological polar surface area (TPSA) is 64.3 Å². The molecule has 1 amide bonds. The molecule has 4 nitrogen and oxygen atoms in total. The predicted molar refractivity (Wildman–Crippen MR) is 91.6 cm³/mol. The van der Waals surface area contributed by atoms with Crippen molar-refractivity contribution in [1.29, 1.82) is 0 Å². The first-order valence-corrected chi connectivity index (χ1v) is 8.16. The Morgan fingerprint density at radius 3 is 2.96 bits per heavy atom. The van der Waals surface area contributed by atoms with Crippen LogP contribution < -0.4 is 15.8 Å². The van der Waals surface area contributed by atoms with Crippen LogP contribution in [0.15, 0.2) is 36.4 Å². The molecule has 2 aromatic rings. The fraction of sp³-hybridized carbons (Fsp3) is 0.278. The molecular formula is C18H18ClFN2O2. The fourth-order valence-corrected chi connectivity index (χ4v) is 3.18. The van der Waals surface area contributed by atoms with E-state index in [2.05, 4.69) is 5.32 Å². The Hall–Kier alpha value is -2.27. The molecule has 126 valence electrons. The van der Waals surface area contributed by atoms with Gasteiger partial charge < -0.3 is 15.8 Å². The second kappa shape index (κ2) is 7.09. The van der Waals surface area contributed by atoms with Crippen LogP contribution in [0.5, 0.6) is 5.75 Å². The number of halogens is 2. The van der Waals surface area contributed by atoms with Crippen LogP contribution in [-0.2, 0) is 11.2 Å². The number of anilines is 1. The van der Waals surface area contributed by atoms with Crippen molar-refractivity contribution in [2.24, 2.45) is 0 Å². The SMILES string of the molecule is Nc1ccc2c(c1)CCCC2NC(=O)COc1ccc(F)cc1Cl. The monoisotopic (exact) mass is 348 g/mol. The second-order valence-electron chi connectivity index (χ2n) is 5.83. The van der Waals surface area contributed by atoms with E-state index in [1.54, 1.807) is 0 Å². The van der Waals surface area contributed by atoms with Crippen molar-refractivity contribution in [3.63, 3.8) is 0 Å². The van der Waals surface area contributed by atoms with Crippen LogP contribution in [0.4, 0.5) is 10.1 Å². The largest absolute Gasteiger partial charge is 0.482 e. The summed E-state index contributed by atoms with van der Waals surface area (Å²) in [4.78, 5) is 12.2. The highest BCUT2D eigenvalue weighted by atomic mass is 35.5. The molecule has 0 aliphatic heterocycles. The Kier molecular flexibility index (Phi) is 4.90. The van der Waals surface area contributed by atoms with E-state index < -0.39 is 5.82 Å². The van der Waals surface area contributed by atoms with E-state index in [9.17, 15) is 9.18 Å². The first-order valence-electron chi connectivity index (χ1n) is 7.78. The standard InChI is InChI=1S/C18H18ClFN2O2/c19-15-9-12(20)4-7-17(15)24-10-18(23)22-16-3-1-2-11-8-13(21)5-6-14(11)16/h4-9,16H,1-3,10,21H2,(H,22,23). The minimum absolute atomic E-state index is 0.0471. The van der Waals surface area contributed by atoms with Crippen LogP contribution in [-0.4, -0.2) is 12.5 Å². The number of hydrogen-bond acceptors (Lipinski definition) is 3. The molecule has 24 heavy (non-hydrogen) atoms. The molecular weight excluding hydrogens is 331 g/mol. The zero-order chi connectivity index (χ0) is 17.1. The molecule has 0 aromatic heterocycles. The summed E-state index contributed by atoms with van der Waals surface area (Å²) in [6, 6.07) is 9.52. The van der Waals surface area contributed by atoms with Crippen LogP contribution in [0.3, 0.4) is 0 Å². The minimum atomic E-state index is -0.449. The summed E-state index contributed by atoms with van der Waals surface area (Å²) in [6.45, 7) is -0.174. The third-order valence-electron chi connectivity index (χ3n) is 4.07. The van der Waals surface area contributed by atoms with Gasteiger partial charge in [-0.05, 0) is 60.7 Å². The lowest BCUT2D eigenvalue weighted by Gasteiger charge is -2.26. The molecule has 1 unspecified atom stereocenters. The predicted octanol–water partition coefficient (Wildman–Crippen LogP) is 3.63. The van der Waals surface area contributed by atoms with Gasteiger partial charge in [0, 0.05) is 5.69 Å². The van der Waals surface area contributed by atoms with Gasteiger partial charge in [0.15, 0.2) is 6.61 Å². The van der Waals surface area contributed by atoms with E-state index in [0.717, 1.165) is 36.6 Å². The minimum Gasteiger partial charge on any atom is -0.482 e. The van der Waals surface area contributed by atoms with Crippen molar-refractivity contribution in [1.82, 2.24) is 5.32 Å². The number of aryl methyl sites for hydroxylation is 1. The number of carbonyl (C=O) groups is 1.